The fourth-order valence-corrected chi connectivity index (χ4v) is 3.34. The van der Waals surface area contributed by atoms with Crippen LogP contribution >= 0.6 is 0 Å². The third-order valence-corrected chi connectivity index (χ3v) is 4.95. The lowest BCUT2D eigenvalue weighted by Crippen LogP contribution is -2.01. The number of nitrogens with zero attached hydrogens (tertiary/aromatic N) is 3. The van der Waals surface area contributed by atoms with Crippen LogP contribution in [-0.2, 0) is 11.3 Å². The molecule has 0 amide bonds. The zero-order chi connectivity index (χ0) is 21.8. The summed E-state index contributed by atoms with van der Waals surface area (Å²) in [6, 6.07) is 19.6. The van der Waals surface area contributed by atoms with Crippen molar-refractivity contribution in [3.8, 4) is 11.8 Å². The monoisotopic (exact) mass is 412 g/mol. The number of fused-ring (bicyclic) bond motifs is 1. The molecule has 1 N–H and O–H groups in total. The van der Waals surface area contributed by atoms with E-state index in [1.54, 1.807) is 17.6 Å². The largest absolute Gasteiger partial charge is 0.489 e. The summed E-state index contributed by atoms with van der Waals surface area (Å²) in [5.41, 5.74) is 4.53. The summed E-state index contributed by atoms with van der Waals surface area (Å²) in [6.07, 6.45) is 3.07. The third kappa shape index (κ3) is 4.05. The molecule has 2 heterocycles. The molecule has 0 unspecified atom stereocenters. The van der Waals surface area contributed by atoms with Crippen molar-refractivity contribution >= 4 is 22.9 Å². The average molecular weight is 412 g/mol. The van der Waals surface area contributed by atoms with E-state index in [-0.39, 0.29) is 0 Å². The van der Waals surface area contributed by atoms with Crippen molar-refractivity contribution < 1.29 is 14.3 Å². The summed E-state index contributed by atoms with van der Waals surface area (Å²) in [4.78, 5) is 12.1. The first-order chi connectivity index (χ1) is 15.1. The second-order valence-corrected chi connectivity index (χ2v) is 6.92. The number of ether oxygens (including phenoxy) is 2. The highest BCUT2D eigenvalue weighted by atomic mass is 16.5. The highest BCUT2D eigenvalue weighted by Gasteiger charge is 2.20. The van der Waals surface area contributed by atoms with Gasteiger partial charge in [-0.3, -0.25) is 0 Å². The van der Waals surface area contributed by atoms with E-state index in [9.17, 15) is 10.1 Å². The molecule has 0 saturated heterocycles. The highest BCUT2D eigenvalue weighted by Crippen LogP contribution is 2.31. The van der Waals surface area contributed by atoms with Gasteiger partial charge in [0, 0.05) is 11.9 Å². The van der Waals surface area contributed by atoms with E-state index in [1.807, 2.05) is 54.6 Å². The topological polar surface area (TPSA) is 88.7 Å². The van der Waals surface area contributed by atoms with Crippen LogP contribution in [0.4, 0.5) is 11.4 Å². The summed E-state index contributed by atoms with van der Waals surface area (Å²) >= 11 is 0. The van der Waals surface area contributed by atoms with Crippen LogP contribution < -0.4 is 10.1 Å². The predicted molar refractivity (Wildman–Crippen MR) is 116 cm³/mol. The van der Waals surface area contributed by atoms with Crippen molar-refractivity contribution in [1.82, 2.24) is 9.61 Å². The number of aromatic nitrogens is 2. The molecule has 0 aliphatic rings. The van der Waals surface area contributed by atoms with Crippen molar-refractivity contribution in [2.24, 2.45) is 0 Å². The average Bonchev–Trinajstić information content (AvgIpc) is 3.15. The van der Waals surface area contributed by atoms with Gasteiger partial charge in [0.05, 0.1) is 35.6 Å². The molecule has 0 bridgehead atoms. The number of anilines is 2. The first-order valence-electron chi connectivity index (χ1n) is 9.64. The van der Waals surface area contributed by atoms with Gasteiger partial charge in [0.1, 0.15) is 18.4 Å². The number of aryl methyl sites for hydroxylation is 1. The van der Waals surface area contributed by atoms with Gasteiger partial charge in [-0.1, -0.05) is 30.3 Å². The Bertz CT molecular complexity index is 1270. The number of carbonyl (C=O) groups is 1. The summed E-state index contributed by atoms with van der Waals surface area (Å²) < 4.78 is 12.2. The van der Waals surface area contributed by atoms with Crippen LogP contribution in [0, 0.1) is 18.3 Å². The minimum absolute atomic E-state index is 0.370. The van der Waals surface area contributed by atoms with E-state index in [2.05, 4.69) is 16.5 Å². The van der Waals surface area contributed by atoms with Crippen molar-refractivity contribution in [2.45, 2.75) is 13.5 Å². The Labute approximate surface area is 179 Å². The number of hydrogen-bond donors (Lipinski definition) is 1. The van der Waals surface area contributed by atoms with Gasteiger partial charge < -0.3 is 14.8 Å². The molecular weight excluding hydrogens is 392 g/mol. The molecule has 2 aromatic carbocycles. The second kappa shape index (κ2) is 8.59. The van der Waals surface area contributed by atoms with Crippen LogP contribution in [0.3, 0.4) is 0 Å². The molecule has 0 fully saturated rings. The molecule has 0 aliphatic carbocycles. The fraction of sp³-hybridized carbons (Fsp3) is 0.125. The molecule has 0 spiro atoms. The van der Waals surface area contributed by atoms with Gasteiger partial charge in [0.2, 0.25) is 0 Å². The lowest BCUT2D eigenvalue weighted by Gasteiger charge is -2.12. The zero-order valence-electron chi connectivity index (χ0n) is 17.1. The summed E-state index contributed by atoms with van der Waals surface area (Å²) in [5, 5.41) is 17.1. The summed E-state index contributed by atoms with van der Waals surface area (Å²) in [7, 11) is 1.33. The van der Waals surface area contributed by atoms with Crippen LogP contribution in [-0.4, -0.2) is 22.7 Å². The van der Waals surface area contributed by atoms with Gasteiger partial charge in [-0.2, -0.15) is 10.4 Å². The van der Waals surface area contributed by atoms with E-state index < -0.39 is 5.97 Å². The standard InChI is InChI=1S/C24H20N4O3/c1-16-21(24(29)30-2)14-28-23(16)22(18(12-25)13-26-28)27-19-8-10-20(11-9-19)31-15-17-6-4-3-5-7-17/h3-11,13-14,27H,15H2,1-2H3. The minimum atomic E-state index is -0.452. The van der Waals surface area contributed by atoms with Crippen LogP contribution in [0.25, 0.3) is 5.52 Å². The normalized spacial score (nSPS) is 10.5. The van der Waals surface area contributed by atoms with Gasteiger partial charge in [-0.25, -0.2) is 9.31 Å². The number of rotatable bonds is 6. The van der Waals surface area contributed by atoms with Crippen molar-refractivity contribution in [3.63, 3.8) is 0 Å². The lowest BCUT2D eigenvalue weighted by atomic mass is 10.1. The molecule has 4 rings (SSSR count). The number of methoxy groups -OCH3 is 1. The molecule has 31 heavy (non-hydrogen) atoms. The molecular formula is C24H20N4O3. The SMILES string of the molecule is COC(=O)c1cn2ncc(C#N)c(Nc3ccc(OCc4ccccc4)cc3)c2c1C. The van der Waals surface area contributed by atoms with E-state index in [4.69, 9.17) is 9.47 Å². The van der Waals surface area contributed by atoms with Crippen molar-refractivity contribution in [1.29, 1.82) is 5.26 Å². The lowest BCUT2D eigenvalue weighted by molar-refractivity contribution is 0.0600. The number of hydrogen-bond acceptors (Lipinski definition) is 6. The number of benzene rings is 2. The van der Waals surface area contributed by atoms with Crippen molar-refractivity contribution in [2.75, 3.05) is 12.4 Å². The second-order valence-electron chi connectivity index (χ2n) is 6.92. The maximum atomic E-state index is 12.1. The van der Waals surface area contributed by atoms with Gasteiger partial charge in [-0.15, -0.1) is 0 Å². The van der Waals surface area contributed by atoms with Gasteiger partial charge in [0.15, 0.2) is 0 Å². The molecule has 7 nitrogen and oxygen atoms in total. The molecule has 0 aliphatic heterocycles. The first kappa shape index (κ1) is 20.0. The fourth-order valence-electron chi connectivity index (χ4n) is 3.34. The Morgan fingerprint density at radius 2 is 1.90 bits per heavy atom. The quantitative estimate of drug-likeness (QED) is 0.465. The van der Waals surface area contributed by atoms with Crippen molar-refractivity contribution in [3.05, 3.63) is 89.2 Å². The van der Waals surface area contributed by atoms with Crippen LogP contribution in [0.1, 0.15) is 27.0 Å². The Morgan fingerprint density at radius 1 is 1.16 bits per heavy atom. The Hall–Kier alpha value is -4.31. The van der Waals surface area contributed by atoms with Crippen LogP contribution in [0.15, 0.2) is 67.0 Å². The summed E-state index contributed by atoms with van der Waals surface area (Å²) in [5.74, 6) is 0.286. The Kier molecular flexibility index (Phi) is 5.54. The van der Waals surface area contributed by atoms with E-state index in [0.29, 0.717) is 34.5 Å². The van der Waals surface area contributed by atoms with Crippen LogP contribution in [0.5, 0.6) is 5.75 Å². The maximum Gasteiger partial charge on any atom is 0.339 e. The maximum absolute atomic E-state index is 12.1. The predicted octanol–water partition coefficient (Wildman–Crippen LogP) is 4.62. The van der Waals surface area contributed by atoms with E-state index in [0.717, 1.165) is 17.0 Å². The number of carbonyl (C=O) groups excluding carboxylic acids is 1. The third-order valence-electron chi connectivity index (χ3n) is 4.95. The molecule has 0 saturated carbocycles. The Balaban J connectivity index is 1.61. The van der Waals surface area contributed by atoms with Gasteiger partial charge in [-0.05, 0) is 42.3 Å². The Morgan fingerprint density at radius 3 is 2.58 bits per heavy atom. The van der Waals surface area contributed by atoms with Gasteiger partial charge in [0.25, 0.3) is 0 Å². The van der Waals surface area contributed by atoms with Gasteiger partial charge >= 0.3 is 5.97 Å². The number of esters is 1. The molecule has 154 valence electrons. The zero-order valence-corrected chi connectivity index (χ0v) is 17.1. The number of nitrogens with one attached hydrogen (secondary N) is 1. The molecule has 7 heteroatoms. The highest BCUT2D eigenvalue weighted by molar-refractivity contribution is 5.97. The molecule has 4 aromatic rings. The molecule has 0 radical (unpaired) electrons. The number of nitriles is 1. The molecule has 0 atom stereocenters. The van der Waals surface area contributed by atoms with E-state index >= 15 is 0 Å². The smallest absolute Gasteiger partial charge is 0.339 e. The van der Waals surface area contributed by atoms with Crippen LogP contribution in [0.2, 0.25) is 0 Å². The minimum Gasteiger partial charge on any atom is -0.489 e. The first-order valence-corrected chi connectivity index (χ1v) is 9.64. The molecule has 2 aromatic heterocycles. The summed E-state index contributed by atoms with van der Waals surface area (Å²) in [6.45, 7) is 2.28. The van der Waals surface area contributed by atoms with E-state index in [1.165, 1.54) is 13.3 Å².